The van der Waals surface area contributed by atoms with E-state index in [9.17, 15) is 9.59 Å². The molecule has 1 saturated heterocycles. The van der Waals surface area contributed by atoms with Gasteiger partial charge < -0.3 is 24.8 Å². The Bertz CT molecular complexity index is 1500. The minimum Gasteiger partial charge on any atom is -0.371 e. The Morgan fingerprint density at radius 1 is 1.11 bits per heavy atom. The van der Waals surface area contributed by atoms with Crippen LogP contribution in [0.2, 0.25) is 0 Å². The third-order valence-electron chi connectivity index (χ3n) is 7.03. The second-order valence-corrected chi connectivity index (χ2v) is 10.1. The molecule has 1 aromatic carbocycles. The highest BCUT2D eigenvalue weighted by molar-refractivity contribution is 6.13. The van der Waals surface area contributed by atoms with E-state index in [2.05, 4.69) is 37.5 Å². The maximum Gasteiger partial charge on any atom is 0.259 e. The highest BCUT2D eigenvalue weighted by Gasteiger charge is 2.23. The van der Waals surface area contributed by atoms with Crippen molar-refractivity contribution in [3.05, 3.63) is 47.7 Å². The van der Waals surface area contributed by atoms with Crippen molar-refractivity contribution in [3.63, 3.8) is 0 Å². The molecule has 2 N–H and O–H groups in total. The molecule has 4 heterocycles. The Hall–Kier alpha value is -3.99. The number of nitrogens with one attached hydrogen (secondary N) is 2. The quantitative estimate of drug-likeness (QED) is 0.387. The van der Waals surface area contributed by atoms with E-state index in [1.54, 1.807) is 29.4 Å². The van der Waals surface area contributed by atoms with Gasteiger partial charge in [0.2, 0.25) is 5.91 Å². The van der Waals surface area contributed by atoms with Crippen LogP contribution in [0.15, 0.2) is 30.7 Å². The molecule has 0 saturated carbocycles. The van der Waals surface area contributed by atoms with Crippen LogP contribution in [-0.2, 0) is 18.3 Å². The summed E-state index contributed by atoms with van der Waals surface area (Å²) < 4.78 is 3.55. The molecule has 1 aliphatic heterocycles. The van der Waals surface area contributed by atoms with Crippen molar-refractivity contribution >= 4 is 39.9 Å². The van der Waals surface area contributed by atoms with Gasteiger partial charge in [-0.2, -0.15) is 5.10 Å². The average Bonchev–Trinajstić information content (AvgIpc) is 3.46. The topological polar surface area (TPSA) is 113 Å². The monoisotopic (exact) mass is 517 g/mol. The van der Waals surface area contributed by atoms with E-state index < -0.39 is 0 Å². The number of benzene rings is 1. The molecule has 11 nitrogen and oxygen atoms in total. The Balaban J connectivity index is 1.41. The van der Waals surface area contributed by atoms with Gasteiger partial charge in [-0.1, -0.05) is 6.92 Å². The second-order valence-electron chi connectivity index (χ2n) is 10.1. The van der Waals surface area contributed by atoms with Gasteiger partial charge in [0.25, 0.3) is 5.91 Å². The van der Waals surface area contributed by atoms with Crippen LogP contribution >= 0.6 is 0 Å². The number of carbonyl (C=O) groups excluding carboxylic acids is 2. The first kappa shape index (κ1) is 25.7. The number of rotatable bonds is 7. The van der Waals surface area contributed by atoms with Crippen LogP contribution in [0, 0.1) is 6.92 Å². The molecule has 4 aromatic rings. The van der Waals surface area contributed by atoms with Crippen molar-refractivity contribution < 1.29 is 9.59 Å². The lowest BCUT2D eigenvalue weighted by atomic mass is 10.0. The van der Waals surface area contributed by atoms with Crippen LogP contribution in [-0.4, -0.2) is 80.6 Å². The van der Waals surface area contributed by atoms with E-state index in [0.29, 0.717) is 34.3 Å². The smallest absolute Gasteiger partial charge is 0.259 e. The minimum atomic E-state index is -0.287. The molecule has 0 aliphatic carbocycles. The maximum absolute atomic E-state index is 13.4. The molecule has 0 radical (unpaired) electrons. The predicted molar refractivity (Wildman–Crippen MR) is 148 cm³/mol. The van der Waals surface area contributed by atoms with Gasteiger partial charge in [0, 0.05) is 63.7 Å². The van der Waals surface area contributed by atoms with Crippen molar-refractivity contribution in [2.45, 2.75) is 39.2 Å². The number of aromatic nitrogens is 5. The minimum absolute atomic E-state index is 0.0675. The van der Waals surface area contributed by atoms with Crippen molar-refractivity contribution in [3.8, 4) is 0 Å². The highest BCUT2D eigenvalue weighted by atomic mass is 16.2. The van der Waals surface area contributed by atoms with Crippen LogP contribution in [0.3, 0.4) is 0 Å². The molecule has 0 atom stereocenters. The number of piperidine rings is 1. The Kier molecular flexibility index (Phi) is 7.02. The molecule has 1 fully saturated rings. The van der Waals surface area contributed by atoms with Crippen molar-refractivity contribution in [1.29, 1.82) is 0 Å². The third kappa shape index (κ3) is 5.06. The maximum atomic E-state index is 13.4. The lowest BCUT2D eigenvalue weighted by Crippen LogP contribution is -2.42. The summed E-state index contributed by atoms with van der Waals surface area (Å²) in [7, 11) is 5.29. The fourth-order valence-electron chi connectivity index (χ4n) is 5.14. The lowest BCUT2D eigenvalue weighted by molar-refractivity contribution is -0.128. The Morgan fingerprint density at radius 3 is 2.58 bits per heavy atom. The number of imidazole rings is 1. The van der Waals surface area contributed by atoms with Gasteiger partial charge in [-0.15, -0.1) is 0 Å². The number of hydrogen-bond donors (Lipinski definition) is 2. The number of amides is 2. The van der Waals surface area contributed by atoms with E-state index in [4.69, 9.17) is 0 Å². The molecule has 0 bridgehead atoms. The first-order chi connectivity index (χ1) is 18.2. The van der Waals surface area contributed by atoms with Crippen molar-refractivity contribution in [2.24, 2.45) is 7.05 Å². The molecule has 0 unspecified atom stereocenters. The normalized spacial score (nSPS) is 14.4. The lowest BCUT2D eigenvalue weighted by Gasteiger charge is -2.34. The second kappa shape index (κ2) is 10.4. The summed E-state index contributed by atoms with van der Waals surface area (Å²) in [5, 5.41) is 12.1. The molecular weight excluding hydrogens is 482 g/mol. The summed E-state index contributed by atoms with van der Waals surface area (Å²) >= 11 is 0. The molecule has 2 amide bonds. The predicted octanol–water partition coefficient (Wildman–Crippen LogP) is 2.39. The van der Waals surface area contributed by atoms with Gasteiger partial charge in [0.05, 0.1) is 29.6 Å². The number of fused-ring (bicyclic) bond motifs is 2. The Labute approximate surface area is 221 Å². The van der Waals surface area contributed by atoms with Gasteiger partial charge in [0.1, 0.15) is 5.52 Å². The molecule has 3 aromatic heterocycles. The number of nitrogens with zero attached hydrogens (tertiary/aromatic N) is 7. The van der Waals surface area contributed by atoms with E-state index in [1.807, 2.05) is 38.5 Å². The van der Waals surface area contributed by atoms with Crippen LogP contribution < -0.4 is 15.5 Å². The van der Waals surface area contributed by atoms with Crippen molar-refractivity contribution in [2.75, 3.05) is 43.9 Å². The summed E-state index contributed by atoms with van der Waals surface area (Å²) in [5.74, 6) is 0.0341. The zero-order chi connectivity index (χ0) is 27.0. The summed E-state index contributed by atoms with van der Waals surface area (Å²) in [6, 6.07) is 4.42. The Morgan fingerprint density at radius 2 is 1.87 bits per heavy atom. The van der Waals surface area contributed by atoms with Gasteiger partial charge in [-0.05, 0) is 38.4 Å². The van der Waals surface area contributed by atoms with E-state index in [1.165, 1.54) is 4.90 Å². The third-order valence-corrected chi connectivity index (χ3v) is 7.03. The number of hydrogen-bond acceptors (Lipinski definition) is 7. The summed E-state index contributed by atoms with van der Waals surface area (Å²) in [4.78, 5) is 38.8. The van der Waals surface area contributed by atoms with Crippen LogP contribution in [0.25, 0.3) is 16.6 Å². The summed E-state index contributed by atoms with van der Waals surface area (Å²) in [5.41, 5.74) is 4.12. The number of carbonyl (C=O) groups is 2. The van der Waals surface area contributed by atoms with Gasteiger partial charge in [-0.3, -0.25) is 19.3 Å². The first-order valence-electron chi connectivity index (χ1n) is 13.0. The number of aryl methyl sites for hydroxylation is 2. The average molecular weight is 518 g/mol. The van der Waals surface area contributed by atoms with E-state index in [-0.39, 0.29) is 18.2 Å². The summed E-state index contributed by atoms with van der Waals surface area (Å²) in [6.07, 6.45) is 7.84. The molecule has 5 rings (SSSR count). The molecule has 0 spiro atoms. The molecular formula is C27H35N9O2. The molecule has 11 heteroatoms. The van der Waals surface area contributed by atoms with Gasteiger partial charge >= 0.3 is 0 Å². The molecule has 38 heavy (non-hydrogen) atoms. The largest absolute Gasteiger partial charge is 0.371 e. The zero-order valence-corrected chi connectivity index (χ0v) is 22.7. The SMILES string of the molecule is CCNC1CCN(c2ccc(C(=O)Nc3cn4cc(C)nc(CC(=O)N(C)C)c4n3)c3nn(C)cc23)CC1. The first-order valence-corrected chi connectivity index (χ1v) is 13.0. The standard InChI is InChI=1S/C27H35N9O2/c1-6-28-18-9-11-35(12-10-18)22-8-7-19(25-20(22)15-34(5)32-25)27(38)31-23-16-36-14-17(2)29-21(26(36)30-23)13-24(37)33(3)4/h7-8,14-16,18,28H,6,9-13H2,1-5H3,(H,31,38). The van der Waals surface area contributed by atoms with Crippen molar-refractivity contribution in [1.82, 2.24) is 34.4 Å². The van der Waals surface area contributed by atoms with Crippen LogP contribution in [0.5, 0.6) is 0 Å². The van der Waals surface area contributed by atoms with Crippen LogP contribution in [0.4, 0.5) is 11.5 Å². The number of likely N-dealkylation sites (N-methyl/N-ethyl adjacent to an activating group) is 1. The van der Waals surface area contributed by atoms with Gasteiger partial charge in [0.15, 0.2) is 11.5 Å². The van der Waals surface area contributed by atoms with Gasteiger partial charge in [-0.25, -0.2) is 4.98 Å². The van der Waals surface area contributed by atoms with Crippen LogP contribution in [0.1, 0.15) is 41.5 Å². The number of anilines is 2. The highest BCUT2D eigenvalue weighted by Crippen LogP contribution is 2.31. The van der Waals surface area contributed by atoms with E-state index >= 15 is 0 Å². The fourth-order valence-corrected chi connectivity index (χ4v) is 5.14. The van der Waals surface area contributed by atoms with E-state index in [0.717, 1.165) is 49.2 Å². The fraction of sp³-hybridized carbons (Fsp3) is 0.444. The summed E-state index contributed by atoms with van der Waals surface area (Å²) in [6.45, 7) is 6.91. The molecule has 1 aliphatic rings. The molecule has 200 valence electrons. The zero-order valence-electron chi connectivity index (χ0n) is 22.7.